The van der Waals surface area contributed by atoms with Crippen LogP contribution in [0.5, 0.6) is 0 Å². The van der Waals surface area contributed by atoms with Gasteiger partial charge in [-0.05, 0) is 38.0 Å². The molecule has 1 atom stereocenters. The van der Waals surface area contributed by atoms with Crippen LogP contribution >= 0.6 is 0 Å². The van der Waals surface area contributed by atoms with E-state index in [4.69, 9.17) is 4.74 Å². The summed E-state index contributed by atoms with van der Waals surface area (Å²) in [6.45, 7) is 5.77. The molecule has 0 spiro atoms. The molecule has 0 heterocycles. The van der Waals surface area contributed by atoms with Gasteiger partial charge in [0, 0.05) is 0 Å². The first-order chi connectivity index (χ1) is 7.54. The average Bonchev–Trinajstić information content (AvgIpc) is 2.28. The second kappa shape index (κ2) is 5.10. The fourth-order valence-corrected chi connectivity index (χ4v) is 1.59. The van der Waals surface area contributed by atoms with Crippen molar-refractivity contribution in [3.05, 3.63) is 35.6 Å². The molecular weight excluding hydrogens is 207 g/mol. The van der Waals surface area contributed by atoms with Crippen LogP contribution in [0.1, 0.15) is 32.8 Å². The maximum absolute atomic E-state index is 13.1. The van der Waals surface area contributed by atoms with Gasteiger partial charge in [0.25, 0.3) is 0 Å². The number of halogens is 1. The lowest BCUT2D eigenvalue weighted by atomic mass is 9.80. The molecule has 1 rings (SSSR count). The third-order valence-corrected chi connectivity index (χ3v) is 2.89. The van der Waals surface area contributed by atoms with Gasteiger partial charge in [0.05, 0.1) is 12.0 Å². The lowest BCUT2D eigenvalue weighted by molar-refractivity contribution is -0.149. The molecule has 0 amide bonds. The third-order valence-electron chi connectivity index (χ3n) is 2.89. The van der Waals surface area contributed by atoms with Crippen LogP contribution in [0.4, 0.5) is 4.39 Å². The van der Waals surface area contributed by atoms with E-state index in [0.717, 1.165) is 0 Å². The lowest BCUT2D eigenvalue weighted by Gasteiger charge is -2.26. The van der Waals surface area contributed by atoms with E-state index in [1.54, 1.807) is 26.0 Å². The van der Waals surface area contributed by atoms with Gasteiger partial charge in [-0.25, -0.2) is 4.39 Å². The van der Waals surface area contributed by atoms with Gasteiger partial charge in [0.15, 0.2) is 0 Å². The zero-order valence-electron chi connectivity index (χ0n) is 9.92. The van der Waals surface area contributed by atoms with Crippen LogP contribution in [0.3, 0.4) is 0 Å². The summed E-state index contributed by atoms with van der Waals surface area (Å²) in [6.07, 6.45) is 0.579. The van der Waals surface area contributed by atoms with Crippen LogP contribution < -0.4 is 0 Å². The molecule has 16 heavy (non-hydrogen) atoms. The average molecular weight is 224 g/mol. The topological polar surface area (TPSA) is 26.3 Å². The Morgan fingerprint density at radius 2 is 2.12 bits per heavy atom. The summed E-state index contributed by atoms with van der Waals surface area (Å²) in [4.78, 5) is 11.9. The Kier molecular flexibility index (Phi) is 4.05. The number of carbonyl (C=O) groups is 1. The summed E-state index contributed by atoms with van der Waals surface area (Å²) in [6, 6.07) is 6.12. The minimum atomic E-state index is -0.766. The second-order valence-electron chi connectivity index (χ2n) is 3.92. The van der Waals surface area contributed by atoms with Gasteiger partial charge in [-0.15, -0.1) is 0 Å². The predicted molar refractivity (Wildman–Crippen MR) is 60.7 cm³/mol. The number of rotatable bonds is 4. The maximum Gasteiger partial charge on any atom is 0.316 e. The van der Waals surface area contributed by atoms with Gasteiger partial charge in [0.2, 0.25) is 0 Å². The van der Waals surface area contributed by atoms with Crippen LogP contribution in [0.25, 0.3) is 0 Å². The normalized spacial score (nSPS) is 14.2. The minimum Gasteiger partial charge on any atom is -0.465 e. The van der Waals surface area contributed by atoms with E-state index in [9.17, 15) is 9.18 Å². The van der Waals surface area contributed by atoms with Crippen LogP contribution in [-0.4, -0.2) is 12.6 Å². The fraction of sp³-hybridized carbons (Fsp3) is 0.462. The monoisotopic (exact) mass is 224 g/mol. The Labute approximate surface area is 95.4 Å². The SMILES string of the molecule is CCOC(=O)C(C)(CC)c1cccc(F)c1. The third kappa shape index (κ3) is 2.40. The Balaban J connectivity index is 3.09. The fourth-order valence-electron chi connectivity index (χ4n) is 1.59. The van der Waals surface area contributed by atoms with Gasteiger partial charge < -0.3 is 4.74 Å². The Morgan fingerprint density at radius 1 is 1.44 bits per heavy atom. The van der Waals surface area contributed by atoms with E-state index in [1.165, 1.54) is 12.1 Å². The van der Waals surface area contributed by atoms with E-state index in [-0.39, 0.29) is 11.8 Å². The van der Waals surface area contributed by atoms with E-state index >= 15 is 0 Å². The molecule has 0 bridgehead atoms. The molecule has 0 aliphatic heterocycles. The number of carbonyl (C=O) groups excluding carboxylic acids is 1. The van der Waals surface area contributed by atoms with E-state index in [0.29, 0.717) is 18.6 Å². The molecular formula is C13H17FO2. The van der Waals surface area contributed by atoms with Crippen molar-refractivity contribution in [1.29, 1.82) is 0 Å². The van der Waals surface area contributed by atoms with E-state index < -0.39 is 5.41 Å². The first kappa shape index (κ1) is 12.7. The molecule has 0 aromatic heterocycles. The summed E-state index contributed by atoms with van der Waals surface area (Å²) in [5, 5.41) is 0. The number of hydrogen-bond donors (Lipinski definition) is 0. The number of ether oxygens (including phenoxy) is 1. The zero-order valence-corrected chi connectivity index (χ0v) is 9.92. The molecule has 3 heteroatoms. The standard InChI is InChI=1S/C13H17FO2/c1-4-13(3,12(15)16-5-2)10-7-6-8-11(14)9-10/h6-9H,4-5H2,1-3H3. The highest BCUT2D eigenvalue weighted by atomic mass is 19.1. The minimum absolute atomic E-state index is 0.303. The molecule has 0 radical (unpaired) electrons. The Hall–Kier alpha value is -1.38. The molecule has 0 saturated heterocycles. The van der Waals surface area contributed by atoms with E-state index in [1.807, 2.05) is 6.92 Å². The summed E-state index contributed by atoms with van der Waals surface area (Å²) in [5.41, 5.74) is -0.105. The summed E-state index contributed by atoms with van der Waals surface area (Å²) in [5.74, 6) is -0.635. The Bertz CT molecular complexity index is 376. The number of benzene rings is 1. The molecule has 1 aromatic carbocycles. The molecule has 2 nitrogen and oxygen atoms in total. The highest BCUT2D eigenvalue weighted by molar-refractivity contribution is 5.82. The van der Waals surface area contributed by atoms with Crippen molar-refractivity contribution in [3.63, 3.8) is 0 Å². The second-order valence-corrected chi connectivity index (χ2v) is 3.92. The summed E-state index contributed by atoms with van der Waals surface area (Å²) in [7, 11) is 0. The summed E-state index contributed by atoms with van der Waals surface area (Å²) < 4.78 is 18.2. The molecule has 1 aromatic rings. The largest absolute Gasteiger partial charge is 0.465 e. The molecule has 0 fully saturated rings. The van der Waals surface area contributed by atoms with Crippen molar-refractivity contribution in [3.8, 4) is 0 Å². The first-order valence-electron chi connectivity index (χ1n) is 5.48. The molecule has 0 aliphatic carbocycles. The van der Waals surface area contributed by atoms with Gasteiger partial charge in [-0.2, -0.15) is 0 Å². The van der Waals surface area contributed by atoms with E-state index in [2.05, 4.69) is 0 Å². The van der Waals surface area contributed by atoms with Crippen molar-refractivity contribution in [1.82, 2.24) is 0 Å². The molecule has 1 unspecified atom stereocenters. The quantitative estimate of drug-likeness (QED) is 0.735. The molecule has 0 N–H and O–H groups in total. The van der Waals surface area contributed by atoms with Gasteiger partial charge in [-0.1, -0.05) is 19.1 Å². The molecule has 88 valence electrons. The van der Waals surface area contributed by atoms with Crippen molar-refractivity contribution < 1.29 is 13.9 Å². The first-order valence-corrected chi connectivity index (χ1v) is 5.48. The van der Waals surface area contributed by atoms with Gasteiger partial charge in [-0.3, -0.25) is 4.79 Å². The highest BCUT2D eigenvalue weighted by Gasteiger charge is 2.34. The van der Waals surface area contributed by atoms with Crippen LogP contribution in [0, 0.1) is 5.82 Å². The predicted octanol–water partition coefficient (Wildman–Crippen LogP) is 3.06. The smallest absolute Gasteiger partial charge is 0.316 e. The van der Waals surface area contributed by atoms with Gasteiger partial charge >= 0.3 is 5.97 Å². The molecule has 0 aliphatic rings. The zero-order chi connectivity index (χ0) is 12.2. The highest BCUT2D eigenvalue weighted by Crippen LogP contribution is 2.29. The Morgan fingerprint density at radius 3 is 2.62 bits per heavy atom. The molecule has 0 saturated carbocycles. The lowest BCUT2D eigenvalue weighted by Crippen LogP contribution is -2.33. The van der Waals surface area contributed by atoms with Gasteiger partial charge in [0.1, 0.15) is 5.82 Å². The maximum atomic E-state index is 13.1. The van der Waals surface area contributed by atoms with Crippen molar-refractivity contribution in [2.45, 2.75) is 32.6 Å². The van der Waals surface area contributed by atoms with Crippen LogP contribution in [0.15, 0.2) is 24.3 Å². The van der Waals surface area contributed by atoms with Crippen molar-refractivity contribution >= 4 is 5.97 Å². The van der Waals surface area contributed by atoms with Crippen molar-refractivity contribution in [2.75, 3.05) is 6.61 Å². The summed E-state index contributed by atoms with van der Waals surface area (Å²) >= 11 is 0. The number of esters is 1. The number of hydrogen-bond acceptors (Lipinski definition) is 2. The van der Waals surface area contributed by atoms with Crippen LogP contribution in [-0.2, 0) is 14.9 Å². The van der Waals surface area contributed by atoms with Crippen molar-refractivity contribution in [2.24, 2.45) is 0 Å². The van der Waals surface area contributed by atoms with Crippen LogP contribution in [0.2, 0.25) is 0 Å².